The molecule has 0 aliphatic rings. The number of amides is 1. The Kier molecular flexibility index (Phi) is 5.10. The van der Waals surface area contributed by atoms with E-state index in [1.807, 2.05) is 19.1 Å². The number of methoxy groups -OCH3 is 1. The molecule has 1 amide bonds. The number of rotatable bonds is 4. The molecule has 0 fully saturated rings. The summed E-state index contributed by atoms with van der Waals surface area (Å²) in [6.07, 6.45) is 0.176. The van der Waals surface area contributed by atoms with E-state index >= 15 is 0 Å². The van der Waals surface area contributed by atoms with E-state index in [2.05, 4.69) is 5.32 Å². The normalized spacial score (nSPS) is 10.3. The van der Waals surface area contributed by atoms with Crippen molar-refractivity contribution >= 4 is 34.8 Å². The van der Waals surface area contributed by atoms with Crippen molar-refractivity contribution in [1.29, 1.82) is 0 Å². The van der Waals surface area contributed by atoms with Crippen LogP contribution in [0.2, 0.25) is 10.0 Å². The van der Waals surface area contributed by atoms with Gasteiger partial charge in [0.05, 0.1) is 13.5 Å². The fourth-order valence-corrected chi connectivity index (χ4v) is 2.31. The highest BCUT2D eigenvalue weighted by molar-refractivity contribution is 6.31. The van der Waals surface area contributed by atoms with Gasteiger partial charge >= 0.3 is 0 Å². The predicted molar refractivity (Wildman–Crippen MR) is 86.5 cm³/mol. The van der Waals surface area contributed by atoms with Gasteiger partial charge in [-0.25, -0.2) is 0 Å². The first-order valence-corrected chi connectivity index (χ1v) is 7.13. The molecule has 3 nitrogen and oxygen atoms in total. The number of nitrogens with one attached hydrogen (secondary N) is 1. The van der Waals surface area contributed by atoms with Crippen LogP contribution in [0.25, 0.3) is 0 Å². The van der Waals surface area contributed by atoms with E-state index in [0.29, 0.717) is 21.5 Å². The summed E-state index contributed by atoms with van der Waals surface area (Å²) in [7, 11) is 1.56. The molecule has 0 bridgehead atoms. The van der Waals surface area contributed by atoms with Gasteiger partial charge in [0.15, 0.2) is 0 Å². The van der Waals surface area contributed by atoms with Crippen molar-refractivity contribution in [2.75, 3.05) is 12.4 Å². The zero-order valence-electron chi connectivity index (χ0n) is 11.7. The first-order valence-electron chi connectivity index (χ1n) is 6.38. The summed E-state index contributed by atoms with van der Waals surface area (Å²) < 4.78 is 5.23. The summed E-state index contributed by atoms with van der Waals surface area (Å²) in [4.78, 5) is 12.1. The molecule has 1 N–H and O–H groups in total. The summed E-state index contributed by atoms with van der Waals surface area (Å²) in [5.41, 5.74) is 2.36. The van der Waals surface area contributed by atoms with E-state index in [1.54, 1.807) is 31.4 Å². The van der Waals surface area contributed by atoms with E-state index in [4.69, 9.17) is 27.9 Å². The van der Waals surface area contributed by atoms with Crippen LogP contribution in [0, 0.1) is 6.92 Å². The molecule has 21 heavy (non-hydrogen) atoms. The molecule has 2 aromatic rings. The lowest BCUT2D eigenvalue weighted by atomic mass is 10.1. The number of hydrogen-bond donors (Lipinski definition) is 1. The quantitative estimate of drug-likeness (QED) is 0.900. The van der Waals surface area contributed by atoms with E-state index in [0.717, 1.165) is 11.1 Å². The van der Waals surface area contributed by atoms with Crippen LogP contribution in [0.5, 0.6) is 5.75 Å². The predicted octanol–water partition coefficient (Wildman–Crippen LogP) is 4.49. The first-order chi connectivity index (χ1) is 9.99. The minimum atomic E-state index is -0.157. The molecule has 0 atom stereocenters. The zero-order chi connectivity index (χ0) is 15.4. The van der Waals surface area contributed by atoms with E-state index in [9.17, 15) is 4.79 Å². The minimum absolute atomic E-state index is 0.157. The van der Waals surface area contributed by atoms with Crippen molar-refractivity contribution in [3.63, 3.8) is 0 Å². The third-order valence-corrected chi connectivity index (χ3v) is 3.69. The summed E-state index contributed by atoms with van der Waals surface area (Å²) in [6.45, 7) is 1.91. The maximum atomic E-state index is 12.1. The number of carbonyl (C=O) groups excluding carboxylic acids is 1. The molecule has 0 saturated carbocycles. The van der Waals surface area contributed by atoms with Crippen LogP contribution in [0.15, 0.2) is 36.4 Å². The average Bonchev–Trinajstić information content (AvgIpc) is 2.43. The van der Waals surface area contributed by atoms with Gasteiger partial charge in [-0.2, -0.15) is 0 Å². The third kappa shape index (κ3) is 4.13. The number of benzene rings is 2. The van der Waals surface area contributed by atoms with Crippen molar-refractivity contribution < 1.29 is 9.53 Å². The Balaban J connectivity index is 2.11. The highest BCUT2D eigenvalue weighted by Crippen LogP contribution is 2.24. The molecule has 0 aliphatic heterocycles. The second kappa shape index (κ2) is 6.83. The Bertz CT molecular complexity index is 671. The van der Waals surface area contributed by atoms with Crippen molar-refractivity contribution in [2.24, 2.45) is 0 Å². The summed E-state index contributed by atoms with van der Waals surface area (Å²) >= 11 is 12.0. The maximum Gasteiger partial charge on any atom is 0.228 e. The highest BCUT2D eigenvalue weighted by Gasteiger charge is 2.10. The van der Waals surface area contributed by atoms with Crippen molar-refractivity contribution in [1.82, 2.24) is 0 Å². The van der Waals surface area contributed by atoms with Crippen LogP contribution in [-0.4, -0.2) is 13.0 Å². The van der Waals surface area contributed by atoms with Crippen LogP contribution in [0.3, 0.4) is 0 Å². The Morgan fingerprint density at radius 1 is 1.19 bits per heavy atom. The van der Waals surface area contributed by atoms with Gasteiger partial charge in [-0.1, -0.05) is 29.3 Å². The van der Waals surface area contributed by atoms with Crippen molar-refractivity contribution in [3.8, 4) is 5.75 Å². The lowest BCUT2D eigenvalue weighted by Gasteiger charge is -2.10. The van der Waals surface area contributed by atoms with E-state index < -0.39 is 0 Å². The minimum Gasteiger partial charge on any atom is -0.496 e. The Labute approximate surface area is 133 Å². The van der Waals surface area contributed by atoms with Crippen LogP contribution in [-0.2, 0) is 11.2 Å². The van der Waals surface area contributed by atoms with Gasteiger partial charge in [0.25, 0.3) is 0 Å². The average molecular weight is 324 g/mol. The second-order valence-corrected chi connectivity index (χ2v) is 5.49. The molecule has 5 heteroatoms. The third-order valence-electron chi connectivity index (χ3n) is 3.05. The number of ether oxygens (including phenoxy) is 1. The van der Waals surface area contributed by atoms with Gasteiger partial charge in [-0.05, 0) is 42.8 Å². The maximum absolute atomic E-state index is 12.1. The van der Waals surface area contributed by atoms with Gasteiger partial charge in [-0.3, -0.25) is 4.79 Å². The molecule has 0 saturated heterocycles. The first kappa shape index (κ1) is 15.7. The van der Waals surface area contributed by atoms with Gasteiger partial charge in [0, 0.05) is 21.3 Å². The molecule has 0 unspecified atom stereocenters. The Morgan fingerprint density at radius 3 is 2.62 bits per heavy atom. The molecule has 0 heterocycles. The van der Waals surface area contributed by atoms with Crippen LogP contribution in [0.1, 0.15) is 11.1 Å². The molecule has 2 rings (SSSR count). The van der Waals surface area contributed by atoms with Gasteiger partial charge in [0.2, 0.25) is 5.91 Å². The zero-order valence-corrected chi connectivity index (χ0v) is 13.3. The van der Waals surface area contributed by atoms with E-state index in [1.165, 1.54) is 0 Å². The largest absolute Gasteiger partial charge is 0.496 e. The van der Waals surface area contributed by atoms with E-state index in [-0.39, 0.29) is 12.3 Å². The monoisotopic (exact) mass is 323 g/mol. The molecular formula is C16H15Cl2NO2. The molecular weight excluding hydrogens is 309 g/mol. The summed E-state index contributed by atoms with van der Waals surface area (Å²) in [5.74, 6) is 0.479. The Morgan fingerprint density at radius 2 is 1.95 bits per heavy atom. The number of carbonyl (C=O) groups is 1. The topological polar surface area (TPSA) is 38.3 Å². The molecule has 0 aliphatic carbocycles. The number of halogens is 2. The highest BCUT2D eigenvalue weighted by atomic mass is 35.5. The molecule has 2 aromatic carbocycles. The van der Waals surface area contributed by atoms with Crippen LogP contribution < -0.4 is 10.1 Å². The van der Waals surface area contributed by atoms with Crippen molar-refractivity contribution in [3.05, 3.63) is 57.6 Å². The summed E-state index contributed by atoms with van der Waals surface area (Å²) in [5, 5.41) is 3.99. The Hall–Kier alpha value is -1.71. The lowest BCUT2D eigenvalue weighted by Crippen LogP contribution is -2.15. The lowest BCUT2D eigenvalue weighted by molar-refractivity contribution is -0.115. The number of anilines is 1. The summed E-state index contributed by atoms with van der Waals surface area (Å²) in [6, 6.07) is 10.6. The van der Waals surface area contributed by atoms with Crippen LogP contribution >= 0.6 is 23.2 Å². The standard InChI is InChI=1S/C16H15Cl2NO2/c1-10-3-5-13(9-14(10)18)19-16(20)8-11-7-12(17)4-6-15(11)21-2/h3-7,9H,8H2,1-2H3,(H,19,20). The molecule has 110 valence electrons. The van der Waals surface area contributed by atoms with Crippen LogP contribution in [0.4, 0.5) is 5.69 Å². The number of hydrogen-bond acceptors (Lipinski definition) is 2. The smallest absolute Gasteiger partial charge is 0.228 e. The van der Waals surface area contributed by atoms with Gasteiger partial charge in [0.1, 0.15) is 5.75 Å². The van der Waals surface area contributed by atoms with Gasteiger partial charge in [-0.15, -0.1) is 0 Å². The molecule has 0 aromatic heterocycles. The fourth-order valence-electron chi connectivity index (χ4n) is 1.93. The second-order valence-electron chi connectivity index (χ2n) is 4.65. The van der Waals surface area contributed by atoms with Gasteiger partial charge < -0.3 is 10.1 Å². The molecule has 0 radical (unpaired) electrons. The molecule has 0 spiro atoms. The van der Waals surface area contributed by atoms with Crippen molar-refractivity contribution in [2.45, 2.75) is 13.3 Å². The SMILES string of the molecule is COc1ccc(Cl)cc1CC(=O)Nc1ccc(C)c(Cl)c1. The fraction of sp³-hybridized carbons (Fsp3) is 0.188. The number of aryl methyl sites for hydroxylation is 1.